The second-order valence-corrected chi connectivity index (χ2v) is 5.70. The standard InChI is InChI=1S/C17H20N2O/c1-12-8-14-10-15(11-20)17(18-16(14)9-13(12)2)19-6-4-3-5-7-19/h8-11H,3-7H2,1-2H3. The molecule has 1 aromatic carbocycles. The molecule has 0 radical (unpaired) electrons. The first-order valence-electron chi connectivity index (χ1n) is 7.31. The number of pyridine rings is 1. The molecule has 20 heavy (non-hydrogen) atoms. The first-order chi connectivity index (χ1) is 9.69. The van der Waals surface area contributed by atoms with Crippen molar-refractivity contribution in [1.82, 2.24) is 4.98 Å². The summed E-state index contributed by atoms with van der Waals surface area (Å²) >= 11 is 0. The zero-order valence-electron chi connectivity index (χ0n) is 12.1. The van der Waals surface area contributed by atoms with Gasteiger partial charge < -0.3 is 4.90 Å². The van der Waals surface area contributed by atoms with Gasteiger partial charge in [-0.1, -0.05) is 0 Å². The summed E-state index contributed by atoms with van der Waals surface area (Å²) in [4.78, 5) is 18.4. The van der Waals surface area contributed by atoms with Gasteiger partial charge in [-0.05, 0) is 62.4 Å². The van der Waals surface area contributed by atoms with Crippen LogP contribution in [0, 0.1) is 13.8 Å². The Morgan fingerprint density at radius 1 is 1.05 bits per heavy atom. The minimum atomic E-state index is 0.711. The molecule has 0 atom stereocenters. The number of aromatic nitrogens is 1. The Hall–Kier alpha value is -1.90. The Morgan fingerprint density at radius 2 is 1.75 bits per heavy atom. The molecular formula is C17H20N2O. The average Bonchev–Trinajstić information content (AvgIpc) is 2.48. The van der Waals surface area contributed by atoms with E-state index in [1.807, 2.05) is 6.07 Å². The van der Waals surface area contributed by atoms with Crippen molar-refractivity contribution in [2.24, 2.45) is 0 Å². The summed E-state index contributed by atoms with van der Waals surface area (Å²) in [6, 6.07) is 6.21. The molecule has 0 unspecified atom stereocenters. The quantitative estimate of drug-likeness (QED) is 0.779. The van der Waals surface area contributed by atoms with Crippen LogP contribution in [0.3, 0.4) is 0 Å². The van der Waals surface area contributed by atoms with Gasteiger partial charge in [-0.25, -0.2) is 4.98 Å². The summed E-state index contributed by atoms with van der Waals surface area (Å²) in [6.45, 7) is 6.20. The molecule has 0 N–H and O–H groups in total. The average molecular weight is 268 g/mol. The third-order valence-electron chi connectivity index (χ3n) is 4.22. The largest absolute Gasteiger partial charge is 0.356 e. The molecule has 1 aliphatic rings. The Morgan fingerprint density at radius 3 is 2.45 bits per heavy atom. The number of carbonyl (C=O) groups excluding carboxylic acids is 1. The van der Waals surface area contributed by atoms with Crippen LogP contribution >= 0.6 is 0 Å². The van der Waals surface area contributed by atoms with Crippen molar-refractivity contribution in [3.05, 3.63) is 34.9 Å². The molecule has 1 fully saturated rings. The number of piperidine rings is 1. The maximum atomic E-state index is 11.4. The van der Waals surface area contributed by atoms with E-state index >= 15 is 0 Å². The van der Waals surface area contributed by atoms with Crippen molar-refractivity contribution in [1.29, 1.82) is 0 Å². The number of aryl methyl sites for hydroxylation is 2. The van der Waals surface area contributed by atoms with Crippen molar-refractivity contribution >= 4 is 23.0 Å². The minimum absolute atomic E-state index is 0.711. The number of nitrogens with zero attached hydrogens (tertiary/aromatic N) is 2. The van der Waals surface area contributed by atoms with Crippen molar-refractivity contribution in [3.63, 3.8) is 0 Å². The van der Waals surface area contributed by atoms with Crippen LogP contribution in [0.4, 0.5) is 5.82 Å². The Kier molecular flexibility index (Phi) is 3.43. The predicted molar refractivity (Wildman–Crippen MR) is 82.7 cm³/mol. The van der Waals surface area contributed by atoms with Gasteiger partial charge in [-0.3, -0.25) is 4.79 Å². The fourth-order valence-corrected chi connectivity index (χ4v) is 2.89. The van der Waals surface area contributed by atoms with E-state index in [9.17, 15) is 4.79 Å². The summed E-state index contributed by atoms with van der Waals surface area (Å²) < 4.78 is 0. The third-order valence-corrected chi connectivity index (χ3v) is 4.22. The molecule has 2 aromatic rings. The molecule has 1 aliphatic heterocycles. The highest BCUT2D eigenvalue weighted by Crippen LogP contribution is 2.26. The van der Waals surface area contributed by atoms with Crippen LogP contribution in [0.1, 0.15) is 40.7 Å². The number of benzene rings is 1. The number of fused-ring (bicyclic) bond motifs is 1. The fourth-order valence-electron chi connectivity index (χ4n) is 2.89. The maximum Gasteiger partial charge on any atom is 0.153 e. The Balaban J connectivity index is 2.14. The fraction of sp³-hybridized carbons (Fsp3) is 0.412. The van der Waals surface area contributed by atoms with E-state index in [1.165, 1.54) is 30.4 Å². The lowest BCUT2D eigenvalue weighted by Gasteiger charge is -2.29. The molecule has 0 amide bonds. The van der Waals surface area contributed by atoms with E-state index in [-0.39, 0.29) is 0 Å². The van der Waals surface area contributed by atoms with E-state index in [2.05, 4.69) is 30.9 Å². The second kappa shape index (κ2) is 5.23. The van der Waals surface area contributed by atoms with E-state index < -0.39 is 0 Å². The van der Waals surface area contributed by atoms with Gasteiger partial charge in [-0.15, -0.1) is 0 Å². The highest BCUT2D eigenvalue weighted by molar-refractivity contribution is 5.92. The van der Waals surface area contributed by atoms with Crippen LogP contribution in [0.15, 0.2) is 18.2 Å². The van der Waals surface area contributed by atoms with E-state index in [1.54, 1.807) is 0 Å². The van der Waals surface area contributed by atoms with Crippen molar-refractivity contribution < 1.29 is 4.79 Å². The van der Waals surface area contributed by atoms with Crippen LogP contribution in [0.25, 0.3) is 10.9 Å². The van der Waals surface area contributed by atoms with E-state index in [0.717, 1.165) is 36.1 Å². The minimum Gasteiger partial charge on any atom is -0.356 e. The highest BCUT2D eigenvalue weighted by atomic mass is 16.1. The number of hydrogen-bond acceptors (Lipinski definition) is 3. The summed E-state index contributed by atoms with van der Waals surface area (Å²) in [5, 5.41) is 1.05. The lowest BCUT2D eigenvalue weighted by molar-refractivity contribution is 0.112. The topological polar surface area (TPSA) is 33.2 Å². The van der Waals surface area contributed by atoms with Gasteiger partial charge in [0.05, 0.1) is 11.1 Å². The highest BCUT2D eigenvalue weighted by Gasteiger charge is 2.17. The van der Waals surface area contributed by atoms with Crippen LogP contribution in [0.5, 0.6) is 0 Å². The summed E-state index contributed by atoms with van der Waals surface area (Å²) in [7, 11) is 0. The Labute approximate surface area is 119 Å². The number of hydrogen-bond donors (Lipinski definition) is 0. The van der Waals surface area contributed by atoms with Gasteiger partial charge in [0, 0.05) is 18.5 Å². The van der Waals surface area contributed by atoms with E-state index in [4.69, 9.17) is 4.98 Å². The molecule has 3 rings (SSSR count). The van der Waals surface area contributed by atoms with Crippen LogP contribution in [0.2, 0.25) is 0 Å². The second-order valence-electron chi connectivity index (χ2n) is 5.70. The van der Waals surface area contributed by atoms with Gasteiger partial charge in [-0.2, -0.15) is 0 Å². The normalized spacial score (nSPS) is 15.6. The molecule has 104 valence electrons. The third kappa shape index (κ3) is 2.28. The molecule has 3 heteroatoms. The molecule has 0 saturated carbocycles. The molecular weight excluding hydrogens is 248 g/mol. The van der Waals surface area contributed by atoms with Crippen LogP contribution < -0.4 is 4.90 Å². The zero-order valence-corrected chi connectivity index (χ0v) is 12.1. The molecule has 1 saturated heterocycles. The van der Waals surface area contributed by atoms with Gasteiger partial charge in [0.2, 0.25) is 0 Å². The lowest BCUT2D eigenvalue weighted by Crippen LogP contribution is -2.31. The summed E-state index contributed by atoms with van der Waals surface area (Å²) in [5.41, 5.74) is 4.18. The molecule has 0 bridgehead atoms. The van der Waals surface area contributed by atoms with Gasteiger partial charge in [0.1, 0.15) is 5.82 Å². The van der Waals surface area contributed by atoms with Crippen molar-refractivity contribution in [2.75, 3.05) is 18.0 Å². The molecule has 1 aromatic heterocycles. The summed E-state index contributed by atoms with van der Waals surface area (Å²) in [5.74, 6) is 0.857. The van der Waals surface area contributed by atoms with Crippen molar-refractivity contribution in [2.45, 2.75) is 33.1 Å². The van der Waals surface area contributed by atoms with Crippen LogP contribution in [-0.2, 0) is 0 Å². The van der Waals surface area contributed by atoms with Gasteiger partial charge in [0.15, 0.2) is 6.29 Å². The van der Waals surface area contributed by atoms with Gasteiger partial charge >= 0.3 is 0 Å². The monoisotopic (exact) mass is 268 g/mol. The molecule has 3 nitrogen and oxygen atoms in total. The molecule has 0 aliphatic carbocycles. The molecule has 0 spiro atoms. The Bertz CT molecular complexity index is 658. The van der Waals surface area contributed by atoms with Gasteiger partial charge in [0.25, 0.3) is 0 Å². The van der Waals surface area contributed by atoms with Crippen molar-refractivity contribution in [3.8, 4) is 0 Å². The van der Waals surface area contributed by atoms with E-state index in [0.29, 0.717) is 5.56 Å². The predicted octanol–water partition coefficient (Wildman–Crippen LogP) is 3.65. The molecule has 2 heterocycles. The van der Waals surface area contributed by atoms with Crippen LogP contribution in [-0.4, -0.2) is 24.4 Å². The summed E-state index contributed by atoms with van der Waals surface area (Å²) in [6.07, 6.45) is 4.58. The number of anilines is 1. The number of carbonyl (C=O) groups is 1. The maximum absolute atomic E-state index is 11.4. The zero-order chi connectivity index (χ0) is 14.1. The SMILES string of the molecule is Cc1cc2cc(C=O)c(N3CCCCC3)nc2cc1C. The number of rotatable bonds is 2. The number of aldehydes is 1. The first-order valence-corrected chi connectivity index (χ1v) is 7.31. The smallest absolute Gasteiger partial charge is 0.153 e. The lowest BCUT2D eigenvalue weighted by atomic mass is 10.0. The first kappa shape index (κ1) is 13.1.